The Morgan fingerprint density at radius 1 is 0.615 bits per heavy atom. The summed E-state index contributed by atoms with van der Waals surface area (Å²) >= 11 is 0. The smallest absolute Gasteiger partial charge is 0.335 e. The average molecular weight is 1120 g/mol. The summed E-state index contributed by atoms with van der Waals surface area (Å²) in [6.45, 7) is 14.1. The summed E-state index contributed by atoms with van der Waals surface area (Å²) in [4.78, 5) is 26.6. The Labute approximate surface area is 453 Å². The van der Waals surface area contributed by atoms with Gasteiger partial charge >= 0.3 is 5.97 Å². The summed E-state index contributed by atoms with van der Waals surface area (Å²) in [6, 6.07) is 0. The molecule has 5 aliphatic carbocycles. The van der Waals surface area contributed by atoms with Crippen molar-refractivity contribution in [3.63, 3.8) is 0 Å². The highest BCUT2D eigenvalue weighted by Gasteiger charge is 2.71. The van der Waals surface area contributed by atoms with E-state index < -0.39 is 176 Å². The molecule has 9 aliphatic rings. The van der Waals surface area contributed by atoms with Crippen LogP contribution >= 0.6 is 0 Å². The molecule has 446 valence electrons. The second kappa shape index (κ2) is 21.6. The van der Waals surface area contributed by atoms with Crippen LogP contribution < -0.4 is 0 Å². The predicted octanol–water partition coefficient (Wildman–Crippen LogP) is -2.29. The number of carboxylic acids is 1. The van der Waals surface area contributed by atoms with Gasteiger partial charge in [0.2, 0.25) is 0 Å². The third-order valence-corrected chi connectivity index (χ3v) is 21.5. The first-order chi connectivity index (χ1) is 36.4. The molecule has 4 saturated heterocycles. The van der Waals surface area contributed by atoms with E-state index in [2.05, 4.69) is 26.8 Å². The Hall–Kier alpha value is -1.96. The fraction of sp³-hybridized carbons (Fsp3) is 0.926. The van der Waals surface area contributed by atoms with Crippen molar-refractivity contribution in [2.24, 2.45) is 50.2 Å². The van der Waals surface area contributed by atoms with Crippen molar-refractivity contribution >= 4 is 11.8 Å². The molecule has 4 saturated carbocycles. The molecule has 8 fully saturated rings. The summed E-state index contributed by atoms with van der Waals surface area (Å²) in [6.07, 6.45) is -32.4. The minimum Gasteiger partial charge on any atom is -0.479 e. The van der Waals surface area contributed by atoms with E-state index in [9.17, 15) is 81.1 Å². The molecule has 0 bridgehead atoms. The number of aliphatic hydroxyl groups is 13. The number of ether oxygens (including phenoxy) is 8. The second-order valence-corrected chi connectivity index (χ2v) is 26.3. The first kappa shape index (κ1) is 60.6. The topological polar surface area (TPSA) is 391 Å². The van der Waals surface area contributed by atoms with Crippen LogP contribution in [0.2, 0.25) is 0 Å². The maximum Gasteiger partial charge on any atom is 0.335 e. The molecule has 0 aromatic rings. The lowest BCUT2D eigenvalue weighted by molar-refractivity contribution is -0.402. The summed E-state index contributed by atoms with van der Waals surface area (Å²) in [5.41, 5.74) is -2.31. The number of carbonyl (C=O) groups excluding carboxylic acids is 1. The zero-order chi connectivity index (χ0) is 57.3. The summed E-state index contributed by atoms with van der Waals surface area (Å²) < 4.78 is 48.5. The molecule has 0 radical (unpaired) electrons. The van der Waals surface area contributed by atoms with Crippen LogP contribution in [0.25, 0.3) is 0 Å². The molecule has 9 rings (SSSR count). The first-order valence-corrected chi connectivity index (χ1v) is 27.7. The third kappa shape index (κ3) is 9.49. The molecule has 24 nitrogen and oxygen atoms in total. The molecular weight excluding hydrogens is 1030 g/mol. The zero-order valence-corrected chi connectivity index (χ0v) is 45.6. The van der Waals surface area contributed by atoms with Crippen LogP contribution in [-0.2, 0) is 47.5 Å². The lowest BCUT2D eigenvalue weighted by Crippen LogP contribution is -2.69. The van der Waals surface area contributed by atoms with E-state index in [-0.39, 0.29) is 47.4 Å². The summed E-state index contributed by atoms with van der Waals surface area (Å²) in [7, 11) is 0. The predicted molar refractivity (Wildman–Crippen MR) is 264 cm³/mol. The Kier molecular flexibility index (Phi) is 16.8. The van der Waals surface area contributed by atoms with Gasteiger partial charge in [0, 0.05) is 17.3 Å². The molecule has 29 atom stereocenters. The lowest BCUT2D eigenvalue weighted by Gasteiger charge is -2.72. The summed E-state index contributed by atoms with van der Waals surface area (Å²) in [5, 5.41) is 154. The Bertz CT molecular complexity index is 2210. The molecular formula is C54H86O24. The van der Waals surface area contributed by atoms with Gasteiger partial charge in [-0.25, -0.2) is 4.79 Å². The van der Waals surface area contributed by atoms with Crippen molar-refractivity contribution in [2.75, 3.05) is 19.8 Å². The van der Waals surface area contributed by atoms with Crippen molar-refractivity contribution in [1.29, 1.82) is 0 Å². The van der Waals surface area contributed by atoms with Crippen molar-refractivity contribution in [2.45, 2.75) is 242 Å². The van der Waals surface area contributed by atoms with E-state index >= 15 is 0 Å². The van der Waals surface area contributed by atoms with E-state index in [1.54, 1.807) is 0 Å². The van der Waals surface area contributed by atoms with Gasteiger partial charge in [-0.3, -0.25) is 4.79 Å². The van der Waals surface area contributed by atoms with Gasteiger partial charge in [0.05, 0.1) is 38.1 Å². The Morgan fingerprint density at radius 3 is 1.81 bits per heavy atom. The van der Waals surface area contributed by atoms with E-state index in [0.29, 0.717) is 38.5 Å². The largest absolute Gasteiger partial charge is 0.479 e. The standard InChI is InChI=1S/C54H86O24/c1-21-31(60)34(63)36(65)45(71-21)75-40-33(62)25(19-56)73-47(39(40)68)76-41-38(67)42(44(69)70)77-48(43(41)78-46-37(66)35(64)32(61)24(18-55)72-46)74-30-12-13-51(6)26(50(30,4)5)11-14-52(7)27(51)10-9-22-23-15-49(2,3)28(58)17-54(23,20-57)29(59)16-53(22,52)8/h9,21,23-27,29-43,45-48,55-57,59-68H,10-20H2,1-8H3,(H,69,70)/t21-,23-,24-,25-,26+,27+,29+,30+,31-,32-,33-,34+,35+,36-,37-,38+,39-,40+,41+,42+,43-,45+,46+,47+,48-,51+,52-,53-,54-/m0/s1. The van der Waals surface area contributed by atoms with Gasteiger partial charge in [-0.2, -0.15) is 0 Å². The Balaban J connectivity index is 1.03. The van der Waals surface area contributed by atoms with Gasteiger partial charge in [-0.15, -0.1) is 0 Å². The van der Waals surface area contributed by atoms with Gasteiger partial charge in [0.25, 0.3) is 0 Å². The maximum absolute atomic E-state index is 13.5. The second-order valence-electron chi connectivity index (χ2n) is 26.3. The monoisotopic (exact) mass is 1120 g/mol. The number of Topliss-reactive ketones (excluding diaryl/α,β-unsaturated/α-hetero) is 1. The molecule has 0 aromatic carbocycles. The van der Waals surface area contributed by atoms with Crippen LogP contribution in [0, 0.1) is 50.2 Å². The van der Waals surface area contributed by atoms with E-state index in [0.717, 1.165) is 6.42 Å². The molecule has 78 heavy (non-hydrogen) atoms. The van der Waals surface area contributed by atoms with Crippen LogP contribution in [0.5, 0.6) is 0 Å². The van der Waals surface area contributed by atoms with Crippen molar-refractivity contribution in [3.8, 4) is 0 Å². The van der Waals surface area contributed by atoms with Gasteiger partial charge < -0.3 is 109 Å². The molecule has 0 unspecified atom stereocenters. The quantitative estimate of drug-likeness (QED) is 0.0722. The number of hydrogen-bond acceptors (Lipinski definition) is 23. The van der Waals surface area contributed by atoms with Crippen LogP contribution in [0.4, 0.5) is 0 Å². The Morgan fingerprint density at radius 2 is 1.19 bits per heavy atom. The average Bonchev–Trinajstić information content (AvgIpc) is 3.38. The minimum absolute atomic E-state index is 0.0367. The van der Waals surface area contributed by atoms with Crippen molar-refractivity contribution < 1.29 is 119 Å². The van der Waals surface area contributed by atoms with Crippen LogP contribution in [0.15, 0.2) is 11.6 Å². The van der Waals surface area contributed by atoms with E-state index in [1.165, 1.54) is 12.5 Å². The molecule has 0 spiro atoms. The zero-order valence-electron chi connectivity index (χ0n) is 45.6. The number of ketones is 1. The lowest BCUT2D eigenvalue weighted by atomic mass is 9.33. The van der Waals surface area contributed by atoms with Gasteiger partial charge in [0.15, 0.2) is 31.3 Å². The van der Waals surface area contributed by atoms with Crippen molar-refractivity contribution in [3.05, 3.63) is 11.6 Å². The van der Waals surface area contributed by atoms with Crippen LogP contribution in [-0.4, -0.2) is 238 Å². The SMILES string of the molecule is C[C@@H]1O[C@H](O[C@H]2[C@H](O)[C@@H](O[C@@H]3[C@@H](O)[C@H](C(=O)O)O[C@H](O[C@@H]4CC[C@]5(C)[C@H](CC[C@@]6(C)[C@@H]5CC=C5[C@@H]7CC(C)(C)C(=O)C[C@@]7(CO)[C@H](O)C[C@@]56C)C4(C)C)[C@H]3O[C@H]3O[C@@H](CO)[C@H](O)[C@@H](O)[C@@H]3O)O[C@@H](CO)[C@@H]2O)[C@@H](O)[C@H](O)[C@H]1O. The third-order valence-electron chi connectivity index (χ3n) is 21.5. The number of aliphatic carboxylic acids is 1. The highest BCUT2D eigenvalue weighted by atomic mass is 16.8. The maximum atomic E-state index is 13.5. The number of rotatable bonds is 12. The molecule has 4 aliphatic heterocycles. The number of allylic oxidation sites excluding steroid dienone is 2. The fourth-order valence-corrected chi connectivity index (χ4v) is 16.5. The minimum atomic E-state index is -2.24. The highest BCUT2D eigenvalue weighted by molar-refractivity contribution is 5.86. The number of fused-ring (bicyclic) bond motifs is 7. The number of carbonyl (C=O) groups is 2. The van der Waals surface area contributed by atoms with Gasteiger partial charge in [-0.05, 0) is 91.3 Å². The van der Waals surface area contributed by atoms with Crippen molar-refractivity contribution in [1.82, 2.24) is 0 Å². The number of carboxylic acid groups (broad SMARTS) is 1. The van der Waals surface area contributed by atoms with Crippen LogP contribution in [0.1, 0.15) is 107 Å². The highest BCUT2D eigenvalue weighted by Crippen LogP contribution is 2.76. The van der Waals surface area contributed by atoms with E-state index in [4.69, 9.17) is 37.9 Å². The molecule has 14 N–H and O–H groups in total. The van der Waals surface area contributed by atoms with Gasteiger partial charge in [-0.1, -0.05) is 60.1 Å². The molecule has 24 heteroatoms. The first-order valence-electron chi connectivity index (χ1n) is 27.7. The van der Waals surface area contributed by atoms with Gasteiger partial charge in [0.1, 0.15) is 91.2 Å². The molecule has 0 aromatic heterocycles. The fourth-order valence-electron chi connectivity index (χ4n) is 16.5. The summed E-state index contributed by atoms with van der Waals surface area (Å²) in [5.74, 6) is -1.83. The van der Waals surface area contributed by atoms with E-state index in [1.807, 2.05) is 27.7 Å². The molecule has 0 amide bonds. The normalized spacial score (nSPS) is 53.9. The number of aliphatic hydroxyl groups excluding tert-OH is 13. The number of hydrogen-bond donors (Lipinski definition) is 14. The van der Waals surface area contributed by atoms with Crippen LogP contribution in [0.3, 0.4) is 0 Å². The molecule has 4 heterocycles.